The molecule has 0 amide bonds. The number of hydrogen-bond acceptors (Lipinski definition) is 1. The van der Waals surface area contributed by atoms with E-state index in [1.54, 1.807) is 0 Å². The van der Waals surface area contributed by atoms with Gasteiger partial charge < -0.3 is 5.73 Å². The minimum atomic E-state index is -1.28. The zero-order chi connectivity index (χ0) is 14.2. The first kappa shape index (κ1) is 14.4. The van der Waals surface area contributed by atoms with Crippen LogP contribution in [-0.4, -0.2) is 0 Å². The first-order chi connectivity index (χ1) is 8.91. The predicted molar refractivity (Wildman–Crippen MR) is 71.5 cm³/mol. The Morgan fingerprint density at radius 3 is 2.37 bits per heavy atom. The molecule has 19 heavy (non-hydrogen) atoms. The molecule has 2 aromatic rings. The van der Waals surface area contributed by atoms with Crippen LogP contribution < -0.4 is 5.73 Å². The Balaban J connectivity index is 2.59. The Morgan fingerprint density at radius 2 is 1.68 bits per heavy atom. The molecule has 0 spiro atoms. The lowest BCUT2D eigenvalue weighted by atomic mass is 9.98. The maximum atomic E-state index is 13.9. The summed E-state index contributed by atoms with van der Waals surface area (Å²) in [7, 11) is 0. The zero-order valence-electron chi connectivity index (χ0n) is 9.43. The van der Waals surface area contributed by atoms with E-state index in [9.17, 15) is 13.2 Å². The summed E-state index contributed by atoms with van der Waals surface area (Å²) < 4.78 is 41.3. The molecule has 0 aliphatic carbocycles. The van der Waals surface area contributed by atoms with Crippen molar-refractivity contribution in [2.24, 2.45) is 5.73 Å². The van der Waals surface area contributed by atoms with E-state index >= 15 is 0 Å². The van der Waals surface area contributed by atoms with Crippen molar-refractivity contribution in [3.05, 3.63) is 68.4 Å². The highest BCUT2D eigenvalue weighted by Gasteiger charge is 2.23. The molecule has 0 aromatic heterocycles. The Morgan fingerprint density at radius 1 is 1.05 bits per heavy atom. The van der Waals surface area contributed by atoms with E-state index in [1.807, 2.05) is 0 Å². The molecular formula is C13H8BrClF3N. The third kappa shape index (κ3) is 2.78. The average Bonchev–Trinajstić information content (AvgIpc) is 2.37. The second-order valence-electron chi connectivity index (χ2n) is 3.90. The van der Waals surface area contributed by atoms with E-state index in [0.717, 1.165) is 12.1 Å². The monoisotopic (exact) mass is 349 g/mol. The van der Waals surface area contributed by atoms with Gasteiger partial charge in [-0.05, 0) is 46.3 Å². The Kier molecular flexibility index (Phi) is 4.18. The summed E-state index contributed by atoms with van der Waals surface area (Å²) in [6.45, 7) is 0. The number of nitrogens with two attached hydrogens (primary N) is 1. The van der Waals surface area contributed by atoms with Crippen molar-refractivity contribution in [2.75, 3.05) is 0 Å². The van der Waals surface area contributed by atoms with Gasteiger partial charge in [0.25, 0.3) is 0 Å². The predicted octanol–water partition coefficient (Wildman–Crippen LogP) is 4.57. The molecule has 2 rings (SSSR count). The highest BCUT2D eigenvalue weighted by Crippen LogP contribution is 2.31. The fourth-order valence-corrected chi connectivity index (χ4v) is 2.26. The third-order valence-corrected chi connectivity index (χ3v) is 3.53. The van der Waals surface area contributed by atoms with Gasteiger partial charge in [-0.3, -0.25) is 0 Å². The quantitative estimate of drug-likeness (QED) is 0.789. The SMILES string of the molecule is NC(c1cc(Cl)ccc1F)c1c(F)ccc(Br)c1F. The van der Waals surface area contributed by atoms with E-state index in [1.165, 1.54) is 18.2 Å². The molecule has 1 unspecified atom stereocenters. The lowest BCUT2D eigenvalue weighted by Crippen LogP contribution is -2.17. The van der Waals surface area contributed by atoms with Crippen molar-refractivity contribution in [3.63, 3.8) is 0 Å². The van der Waals surface area contributed by atoms with Gasteiger partial charge in [0.15, 0.2) is 0 Å². The summed E-state index contributed by atoms with van der Waals surface area (Å²) in [5.74, 6) is -2.37. The van der Waals surface area contributed by atoms with Gasteiger partial charge in [0, 0.05) is 16.1 Å². The van der Waals surface area contributed by atoms with Gasteiger partial charge in [0.2, 0.25) is 0 Å². The van der Waals surface area contributed by atoms with Crippen LogP contribution in [0.3, 0.4) is 0 Å². The molecule has 1 atom stereocenters. The van der Waals surface area contributed by atoms with Crippen LogP contribution >= 0.6 is 27.5 Å². The van der Waals surface area contributed by atoms with E-state index in [4.69, 9.17) is 17.3 Å². The molecule has 1 nitrogen and oxygen atoms in total. The van der Waals surface area contributed by atoms with Crippen LogP contribution in [0, 0.1) is 17.5 Å². The summed E-state index contributed by atoms with van der Waals surface area (Å²) in [6, 6.07) is 4.68. The van der Waals surface area contributed by atoms with E-state index in [2.05, 4.69) is 15.9 Å². The molecule has 0 saturated heterocycles. The first-order valence-electron chi connectivity index (χ1n) is 5.25. The molecule has 0 fully saturated rings. The fourth-order valence-electron chi connectivity index (χ4n) is 1.74. The van der Waals surface area contributed by atoms with Crippen LogP contribution in [0.5, 0.6) is 0 Å². The van der Waals surface area contributed by atoms with Crippen molar-refractivity contribution in [1.82, 2.24) is 0 Å². The maximum Gasteiger partial charge on any atom is 0.145 e. The Labute approximate surface area is 121 Å². The number of hydrogen-bond donors (Lipinski definition) is 1. The van der Waals surface area contributed by atoms with Gasteiger partial charge in [-0.2, -0.15) is 0 Å². The van der Waals surface area contributed by atoms with Gasteiger partial charge in [0.1, 0.15) is 17.5 Å². The van der Waals surface area contributed by atoms with Crippen LogP contribution in [0.25, 0.3) is 0 Å². The van der Waals surface area contributed by atoms with E-state index < -0.39 is 29.1 Å². The Bertz CT molecular complexity index is 634. The van der Waals surface area contributed by atoms with Crippen LogP contribution in [0.1, 0.15) is 17.2 Å². The largest absolute Gasteiger partial charge is 0.320 e. The van der Waals surface area contributed by atoms with Crippen LogP contribution in [0.4, 0.5) is 13.2 Å². The topological polar surface area (TPSA) is 26.0 Å². The molecular weight excluding hydrogens is 343 g/mol. The van der Waals surface area contributed by atoms with Gasteiger partial charge >= 0.3 is 0 Å². The summed E-state index contributed by atoms with van der Waals surface area (Å²) in [6.07, 6.45) is 0. The lowest BCUT2D eigenvalue weighted by molar-refractivity contribution is 0.529. The van der Waals surface area contributed by atoms with Crippen molar-refractivity contribution in [2.45, 2.75) is 6.04 Å². The molecule has 2 aromatic carbocycles. The van der Waals surface area contributed by atoms with Crippen molar-refractivity contribution in [3.8, 4) is 0 Å². The number of halogens is 5. The summed E-state index contributed by atoms with van der Waals surface area (Å²) in [4.78, 5) is 0. The standard InChI is InChI=1S/C13H8BrClF3N/c14-8-2-4-10(17)11(12(8)18)13(19)7-5-6(15)1-3-9(7)16/h1-5,13H,19H2. The van der Waals surface area contributed by atoms with Gasteiger partial charge in [-0.15, -0.1) is 0 Å². The average molecular weight is 351 g/mol. The second kappa shape index (κ2) is 5.53. The molecule has 0 bridgehead atoms. The molecule has 6 heteroatoms. The van der Waals surface area contributed by atoms with Crippen LogP contribution in [-0.2, 0) is 0 Å². The van der Waals surface area contributed by atoms with E-state index in [0.29, 0.717) is 0 Å². The second-order valence-corrected chi connectivity index (χ2v) is 5.19. The van der Waals surface area contributed by atoms with E-state index in [-0.39, 0.29) is 15.1 Å². The number of benzene rings is 2. The molecule has 0 aliphatic heterocycles. The molecule has 0 heterocycles. The van der Waals surface area contributed by atoms with Gasteiger partial charge in [0.05, 0.1) is 10.5 Å². The maximum absolute atomic E-state index is 13.9. The first-order valence-corrected chi connectivity index (χ1v) is 6.43. The minimum absolute atomic E-state index is 0.0572. The third-order valence-electron chi connectivity index (χ3n) is 2.68. The minimum Gasteiger partial charge on any atom is -0.320 e. The van der Waals surface area contributed by atoms with Crippen LogP contribution in [0.15, 0.2) is 34.8 Å². The fraction of sp³-hybridized carbons (Fsp3) is 0.0769. The zero-order valence-corrected chi connectivity index (χ0v) is 11.8. The van der Waals surface area contributed by atoms with Crippen molar-refractivity contribution >= 4 is 27.5 Å². The molecule has 2 N–H and O–H groups in total. The molecule has 0 saturated carbocycles. The lowest BCUT2D eigenvalue weighted by Gasteiger charge is -2.16. The normalized spacial score (nSPS) is 12.5. The summed E-state index contributed by atoms with van der Waals surface area (Å²) >= 11 is 8.68. The number of rotatable bonds is 2. The van der Waals surface area contributed by atoms with Crippen LogP contribution in [0.2, 0.25) is 5.02 Å². The molecule has 0 aliphatic rings. The van der Waals surface area contributed by atoms with Crippen molar-refractivity contribution in [1.29, 1.82) is 0 Å². The molecule has 100 valence electrons. The molecule has 0 radical (unpaired) electrons. The highest BCUT2D eigenvalue weighted by molar-refractivity contribution is 9.10. The van der Waals surface area contributed by atoms with Gasteiger partial charge in [-0.25, -0.2) is 13.2 Å². The summed E-state index contributed by atoms with van der Waals surface area (Å²) in [5, 5.41) is 0.239. The van der Waals surface area contributed by atoms with Gasteiger partial charge in [-0.1, -0.05) is 11.6 Å². The highest BCUT2D eigenvalue weighted by atomic mass is 79.9. The Hall–Kier alpha value is -1.04. The smallest absolute Gasteiger partial charge is 0.145 e. The van der Waals surface area contributed by atoms with Crippen molar-refractivity contribution < 1.29 is 13.2 Å². The summed E-state index contributed by atoms with van der Waals surface area (Å²) in [5.41, 5.74) is 5.28.